The Labute approximate surface area is 141 Å². The number of hydrazone groups is 1. The van der Waals surface area contributed by atoms with Crippen LogP contribution in [-0.4, -0.2) is 21.4 Å². The molecule has 0 unspecified atom stereocenters. The molecule has 0 fully saturated rings. The van der Waals surface area contributed by atoms with Crippen LogP contribution in [0.25, 0.3) is 11.3 Å². The maximum absolute atomic E-state index is 9.41. The quantitative estimate of drug-likeness (QED) is 0.374. The van der Waals surface area contributed by atoms with Gasteiger partial charge in [0.2, 0.25) is 5.13 Å². The van der Waals surface area contributed by atoms with E-state index in [-0.39, 0.29) is 11.5 Å². The first-order valence-corrected chi connectivity index (χ1v) is 7.90. The van der Waals surface area contributed by atoms with E-state index >= 15 is 0 Å². The van der Waals surface area contributed by atoms with Crippen LogP contribution in [0.15, 0.2) is 52.9 Å². The number of phenolic OH excluding ortho intramolecular Hbond substituents is 2. The summed E-state index contributed by atoms with van der Waals surface area (Å²) in [5.74, 6) is -0.351. The predicted molar refractivity (Wildman–Crippen MR) is 93.5 cm³/mol. The molecule has 1 aromatic heterocycles. The number of aromatic nitrogens is 1. The van der Waals surface area contributed by atoms with Crippen molar-refractivity contribution in [3.63, 3.8) is 0 Å². The summed E-state index contributed by atoms with van der Waals surface area (Å²) in [5.41, 5.74) is 5.31. The largest absolute Gasteiger partial charge is 0.504 e. The second-order valence-corrected chi connectivity index (χ2v) is 5.96. The van der Waals surface area contributed by atoms with Gasteiger partial charge >= 0.3 is 0 Å². The van der Waals surface area contributed by atoms with Crippen molar-refractivity contribution in [3.05, 3.63) is 58.4 Å². The van der Waals surface area contributed by atoms with E-state index in [2.05, 4.69) is 15.5 Å². The van der Waals surface area contributed by atoms with Crippen molar-refractivity contribution < 1.29 is 10.2 Å². The summed E-state index contributed by atoms with van der Waals surface area (Å²) >= 11 is 7.30. The number of hydrogen-bond acceptors (Lipinski definition) is 6. The monoisotopic (exact) mass is 345 g/mol. The molecule has 23 heavy (non-hydrogen) atoms. The molecule has 1 heterocycles. The minimum Gasteiger partial charge on any atom is -0.504 e. The molecule has 3 aromatic rings. The number of benzene rings is 2. The molecule has 3 N–H and O–H groups in total. The van der Waals surface area contributed by atoms with Crippen LogP contribution in [0.4, 0.5) is 5.13 Å². The highest BCUT2D eigenvalue weighted by Gasteiger charge is 2.04. The Kier molecular flexibility index (Phi) is 4.45. The average molecular weight is 346 g/mol. The summed E-state index contributed by atoms with van der Waals surface area (Å²) in [6.45, 7) is 0. The summed E-state index contributed by atoms with van der Waals surface area (Å²) in [6.07, 6.45) is 1.53. The molecule has 5 nitrogen and oxygen atoms in total. The number of anilines is 1. The van der Waals surface area contributed by atoms with Crippen LogP contribution in [0.5, 0.6) is 11.5 Å². The minimum absolute atomic E-state index is 0.164. The van der Waals surface area contributed by atoms with Crippen molar-refractivity contribution in [1.29, 1.82) is 0 Å². The fourth-order valence-electron chi connectivity index (χ4n) is 1.86. The molecule has 7 heteroatoms. The van der Waals surface area contributed by atoms with Crippen molar-refractivity contribution in [3.8, 4) is 22.8 Å². The first kappa shape index (κ1) is 15.3. The van der Waals surface area contributed by atoms with Crippen LogP contribution in [0.3, 0.4) is 0 Å². The van der Waals surface area contributed by atoms with Crippen LogP contribution >= 0.6 is 22.9 Å². The van der Waals surface area contributed by atoms with Gasteiger partial charge in [-0.3, -0.25) is 5.43 Å². The molecule has 3 rings (SSSR count). The van der Waals surface area contributed by atoms with Gasteiger partial charge in [0.05, 0.1) is 11.9 Å². The van der Waals surface area contributed by atoms with E-state index in [1.807, 2.05) is 29.6 Å². The van der Waals surface area contributed by atoms with Crippen LogP contribution in [-0.2, 0) is 0 Å². The van der Waals surface area contributed by atoms with Gasteiger partial charge in [-0.25, -0.2) is 4.98 Å². The second-order valence-electron chi connectivity index (χ2n) is 4.66. The molecule has 0 bridgehead atoms. The van der Waals surface area contributed by atoms with E-state index < -0.39 is 0 Å². The summed E-state index contributed by atoms with van der Waals surface area (Å²) in [6, 6.07) is 11.9. The van der Waals surface area contributed by atoms with Gasteiger partial charge in [0.1, 0.15) is 0 Å². The van der Waals surface area contributed by atoms with Crippen molar-refractivity contribution in [1.82, 2.24) is 4.98 Å². The second kappa shape index (κ2) is 6.68. The number of rotatable bonds is 4. The standard InChI is InChI=1S/C16H12ClN3O2S/c17-12-4-2-11(3-5-12)13-9-23-16(19-13)20-18-8-10-1-6-14(21)15(22)7-10/h1-9,21-22H,(H,19,20). The lowest BCUT2D eigenvalue weighted by atomic mass is 10.2. The van der Waals surface area contributed by atoms with Crippen LogP contribution in [0.2, 0.25) is 5.02 Å². The van der Waals surface area contributed by atoms with Crippen LogP contribution in [0, 0.1) is 0 Å². The Morgan fingerprint density at radius 2 is 1.87 bits per heavy atom. The molecule has 0 saturated carbocycles. The summed E-state index contributed by atoms with van der Waals surface area (Å²) < 4.78 is 0. The van der Waals surface area contributed by atoms with Gasteiger partial charge in [-0.2, -0.15) is 5.10 Å². The first-order chi connectivity index (χ1) is 11.1. The van der Waals surface area contributed by atoms with E-state index in [1.54, 1.807) is 6.07 Å². The Bertz CT molecular complexity index is 847. The Hall–Kier alpha value is -2.57. The number of nitrogens with zero attached hydrogens (tertiary/aromatic N) is 2. The molecule has 2 aromatic carbocycles. The van der Waals surface area contributed by atoms with Crippen LogP contribution < -0.4 is 5.43 Å². The van der Waals surface area contributed by atoms with Crippen LogP contribution in [0.1, 0.15) is 5.56 Å². The number of hydrogen-bond donors (Lipinski definition) is 3. The zero-order valence-electron chi connectivity index (χ0n) is 11.8. The van der Waals surface area contributed by atoms with Crippen molar-refractivity contribution >= 4 is 34.3 Å². The van der Waals surface area contributed by atoms with Gasteiger partial charge < -0.3 is 10.2 Å². The fraction of sp³-hybridized carbons (Fsp3) is 0. The topological polar surface area (TPSA) is 77.7 Å². The summed E-state index contributed by atoms with van der Waals surface area (Å²) in [5, 5.41) is 26.0. The molecule has 0 atom stereocenters. The third-order valence-corrected chi connectivity index (χ3v) is 4.02. The van der Waals surface area contributed by atoms with Gasteiger partial charge in [-0.1, -0.05) is 23.7 Å². The number of aromatic hydroxyl groups is 2. The maximum atomic E-state index is 9.41. The molecule has 0 radical (unpaired) electrons. The highest BCUT2D eigenvalue weighted by Crippen LogP contribution is 2.26. The van der Waals surface area contributed by atoms with E-state index in [9.17, 15) is 10.2 Å². The Balaban J connectivity index is 1.68. The zero-order valence-corrected chi connectivity index (χ0v) is 13.3. The lowest BCUT2D eigenvalue weighted by Gasteiger charge is -1.98. The van der Waals surface area contributed by atoms with Gasteiger partial charge in [0.25, 0.3) is 0 Å². The van der Waals surface area contributed by atoms with E-state index in [4.69, 9.17) is 11.6 Å². The smallest absolute Gasteiger partial charge is 0.203 e. The third-order valence-electron chi connectivity index (χ3n) is 3.02. The molecular weight excluding hydrogens is 334 g/mol. The molecule has 0 aliphatic heterocycles. The molecule has 0 amide bonds. The highest BCUT2D eigenvalue weighted by molar-refractivity contribution is 7.14. The van der Waals surface area contributed by atoms with E-state index in [0.29, 0.717) is 15.7 Å². The molecule has 0 aliphatic carbocycles. The number of nitrogens with one attached hydrogen (secondary N) is 1. The zero-order chi connectivity index (χ0) is 16.2. The Morgan fingerprint density at radius 1 is 1.09 bits per heavy atom. The first-order valence-electron chi connectivity index (χ1n) is 6.64. The van der Waals surface area contributed by atoms with Crippen molar-refractivity contribution in [2.75, 3.05) is 5.43 Å². The van der Waals surface area contributed by atoms with Gasteiger partial charge in [-0.05, 0) is 35.9 Å². The third kappa shape index (κ3) is 3.80. The molecule has 116 valence electrons. The van der Waals surface area contributed by atoms with Crippen molar-refractivity contribution in [2.24, 2.45) is 5.10 Å². The minimum atomic E-state index is -0.187. The SMILES string of the molecule is Oc1ccc(C=NNc2nc(-c3ccc(Cl)cc3)cs2)cc1O. The summed E-state index contributed by atoms with van der Waals surface area (Å²) in [7, 11) is 0. The molecule has 0 aliphatic rings. The fourth-order valence-corrected chi connectivity index (χ4v) is 2.66. The maximum Gasteiger partial charge on any atom is 0.203 e. The number of phenols is 2. The number of thiazole rings is 1. The predicted octanol–water partition coefficient (Wildman–Crippen LogP) is 4.32. The lowest BCUT2D eigenvalue weighted by Crippen LogP contribution is -1.90. The van der Waals surface area contributed by atoms with E-state index in [1.165, 1.54) is 29.7 Å². The highest BCUT2D eigenvalue weighted by atomic mass is 35.5. The number of halogens is 1. The van der Waals surface area contributed by atoms with Gasteiger partial charge in [-0.15, -0.1) is 11.3 Å². The molecular formula is C16H12ClN3O2S. The average Bonchev–Trinajstić information content (AvgIpc) is 3.00. The lowest BCUT2D eigenvalue weighted by molar-refractivity contribution is 0.403. The normalized spacial score (nSPS) is 11.0. The molecule has 0 spiro atoms. The van der Waals surface area contributed by atoms with E-state index in [0.717, 1.165) is 11.3 Å². The molecule has 0 saturated heterocycles. The Morgan fingerprint density at radius 3 is 2.61 bits per heavy atom. The van der Waals surface area contributed by atoms with Gasteiger partial charge in [0.15, 0.2) is 11.5 Å². The van der Waals surface area contributed by atoms with Crippen molar-refractivity contribution in [2.45, 2.75) is 0 Å². The summed E-state index contributed by atoms with van der Waals surface area (Å²) in [4.78, 5) is 4.43. The van der Waals surface area contributed by atoms with Gasteiger partial charge in [0, 0.05) is 16.0 Å².